The van der Waals surface area contributed by atoms with Crippen LogP contribution in [0.2, 0.25) is 0 Å². The molecule has 4 heteroatoms. The van der Waals surface area contributed by atoms with Gasteiger partial charge >= 0.3 is 0 Å². The van der Waals surface area contributed by atoms with E-state index in [1.54, 1.807) is 11.8 Å². The van der Waals surface area contributed by atoms with Crippen LogP contribution in [-0.4, -0.2) is 28.3 Å². The number of thioether (sulfide) groups is 1. The molecule has 3 nitrogen and oxygen atoms in total. The van der Waals surface area contributed by atoms with E-state index in [4.69, 9.17) is 0 Å². The van der Waals surface area contributed by atoms with Crippen LogP contribution in [0.15, 0.2) is 35.2 Å². The van der Waals surface area contributed by atoms with Gasteiger partial charge in [-0.2, -0.15) is 0 Å². The van der Waals surface area contributed by atoms with E-state index in [-0.39, 0.29) is 28.3 Å². The fourth-order valence-electron chi connectivity index (χ4n) is 3.50. The summed E-state index contributed by atoms with van der Waals surface area (Å²) in [5.74, 6) is 0.132. The van der Waals surface area contributed by atoms with Gasteiger partial charge in [-0.3, -0.25) is 4.79 Å². The molecule has 1 unspecified atom stereocenters. The van der Waals surface area contributed by atoms with E-state index in [9.17, 15) is 4.79 Å². The van der Waals surface area contributed by atoms with Crippen molar-refractivity contribution in [2.75, 3.05) is 0 Å². The molecule has 22 heavy (non-hydrogen) atoms. The molecule has 122 valence electrons. The Bertz CT molecular complexity index is 497. The SMILES string of the molecule is CC(Sc1ccccc1)C(=O)NC1CC(C)(C)NC(C)(C)C1. The third-order valence-electron chi connectivity index (χ3n) is 3.96. The topological polar surface area (TPSA) is 41.1 Å². The number of carbonyl (C=O) groups excluding carboxylic acids is 1. The van der Waals surface area contributed by atoms with Crippen molar-refractivity contribution in [1.82, 2.24) is 10.6 Å². The maximum atomic E-state index is 12.5. The average molecular weight is 321 g/mol. The summed E-state index contributed by atoms with van der Waals surface area (Å²) in [4.78, 5) is 13.6. The molecule has 1 aromatic carbocycles. The number of piperidine rings is 1. The van der Waals surface area contributed by atoms with E-state index in [0.717, 1.165) is 17.7 Å². The van der Waals surface area contributed by atoms with E-state index >= 15 is 0 Å². The molecule has 1 saturated heterocycles. The van der Waals surface area contributed by atoms with E-state index in [0.29, 0.717) is 0 Å². The molecule has 0 aromatic heterocycles. The minimum atomic E-state index is -0.0801. The first-order chi connectivity index (χ1) is 10.2. The molecule has 1 fully saturated rings. The summed E-state index contributed by atoms with van der Waals surface area (Å²) in [6.45, 7) is 10.8. The van der Waals surface area contributed by atoms with Crippen molar-refractivity contribution in [3.05, 3.63) is 30.3 Å². The molecular formula is C18H28N2OS. The van der Waals surface area contributed by atoms with Gasteiger partial charge in [0.25, 0.3) is 0 Å². The van der Waals surface area contributed by atoms with Crippen LogP contribution in [0.1, 0.15) is 47.5 Å². The smallest absolute Gasteiger partial charge is 0.233 e. The summed E-state index contributed by atoms with van der Waals surface area (Å²) in [5.41, 5.74) is 0.102. The number of hydrogen-bond donors (Lipinski definition) is 2. The predicted molar refractivity (Wildman–Crippen MR) is 94.2 cm³/mol. The highest BCUT2D eigenvalue weighted by Gasteiger charge is 2.38. The lowest BCUT2D eigenvalue weighted by molar-refractivity contribution is -0.121. The van der Waals surface area contributed by atoms with Crippen LogP contribution < -0.4 is 10.6 Å². The Hall–Kier alpha value is -1.00. The second-order valence-electron chi connectivity index (χ2n) is 7.58. The third kappa shape index (κ3) is 5.03. The Labute approximate surface area is 138 Å². The Morgan fingerprint density at radius 3 is 2.27 bits per heavy atom. The highest BCUT2D eigenvalue weighted by molar-refractivity contribution is 8.00. The Morgan fingerprint density at radius 1 is 1.18 bits per heavy atom. The number of benzene rings is 1. The first-order valence-electron chi connectivity index (χ1n) is 7.98. The van der Waals surface area contributed by atoms with Gasteiger partial charge in [-0.25, -0.2) is 0 Å². The summed E-state index contributed by atoms with van der Waals surface area (Å²) < 4.78 is 0. The van der Waals surface area contributed by atoms with Gasteiger partial charge < -0.3 is 10.6 Å². The van der Waals surface area contributed by atoms with Crippen LogP contribution in [0.4, 0.5) is 0 Å². The van der Waals surface area contributed by atoms with E-state index in [2.05, 4.69) is 38.3 Å². The quantitative estimate of drug-likeness (QED) is 0.833. The Balaban J connectivity index is 1.93. The van der Waals surface area contributed by atoms with Crippen LogP contribution in [0.5, 0.6) is 0 Å². The van der Waals surface area contributed by atoms with Gasteiger partial charge in [-0.1, -0.05) is 18.2 Å². The average Bonchev–Trinajstić information content (AvgIpc) is 2.35. The normalized spacial score (nSPS) is 22.0. The maximum absolute atomic E-state index is 12.5. The van der Waals surface area contributed by atoms with E-state index in [1.807, 2.05) is 37.3 Å². The van der Waals surface area contributed by atoms with Gasteiger partial charge in [0.2, 0.25) is 5.91 Å². The first kappa shape index (κ1) is 17.4. The molecule has 2 N–H and O–H groups in total. The number of rotatable bonds is 4. The minimum Gasteiger partial charge on any atom is -0.352 e. The summed E-state index contributed by atoms with van der Waals surface area (Å²) in [7, 11) is 0. The monoisotopic (exact) mass is 320 g/mol. The number of hydrogen-bond acceptors (Lipinski definition) is 3. The van der Waals surface area contributed by atoms with Crippen LogP contribution in [0, 0.1) is 0 Å². The molecule has 0 bridgehead atoms. The number of amides is 1. The second-order valence-corrected chi connectivity index (χ2v) is 8.99. The summed E-state index contributed by atoms with van der Waals surface area (Å²) in [5, 5.41) is 6.82. The molecular weight excluding hydrogens is 292 g/mol. The molecule has 1 aliphatic rings. The van der Waals surface area contributed by atoms with Crippen molar-refractivity contribution in [1.29, 1.82) is 0 Å². The van der Waals surface area contributed by atoms with Gasteiger partial charge in [-0.15, -0.1) is 11.8 Å². The van der Waals surface area contributed by atoms with Crippen molar-refractivity contribution >= 4 is 17.7 Å². The van der Waals surface area contributed by atoms with Crippen molar-refractivity contribution < 1.29 is 4.79 Å². The third-order valence-corrected chi connectivity index (χ3v) is 5.07. The summed E-state index contributed by atoms with van der Waals surface area (Å²) in [6, 6.07) is 10.3. The molecule has 2 rings (SSSR count). The zero-order valence-corrected chi connectivity index (χ0v) is 15.1. The van der Waals surface area contributed by atoms with E-state index < -0.39 is 0 Å². The molecule has 1 aliphatic heterocycles. The Kier molecular flexibility index (Phi) is 5.23. The molecule has 1 aromatic rings. The molecule has 1 heterocycles. The zero-order valence-electron chi connectivity index (χ0n) is 14.3. The minimum absolute atomic E-state index is 0.0511. The summed E-state index contributed by atoms with van der Waals surface area (Å²) in [6.07, 6.45) is 1.93. The zero-order chi connectivity index (χ0) is 16.4. The fourth-order valence-corrected chi connectivity index (χ4v) is 4.40. The Morgan fingerprint density at radius 2 is 1.73 bits per heavy atom. The number of carbonyl (C=O) groups is 1. The highest BCUT2D eigenvalue weighted by Crippen LogP contribution is 2.29. The van der Waals surface area contributed by atoms with Gasteiger partial charge in [0.15, 0.2) is 0 Å². The van der Waals surface area contributed by atoms with Gasteiger partial charge in [-0.05, 0) is 59.6 Å². The van der Waals surface area contributed by atoms with Crippen LogP contribution in [-0.2, 0) is 4.79 Å². The molecule has 0 radical (unpaired) electrons. The van der Waals surface area contributed by atoms with Crippen LogP contribution >= 0.6 is 11.8 Å². The molecule has 1 amide bonds. The lowest BCUT2D eigenvalue weighted by Crippen LogP contribution is -2.62. The van der Waals surface area contributed by atoms with Crippen LogP contribution in [0.25, 0.3) is 0 Å². The first-order valence-corrected chi connectivity index (χ1v) is 8.86. The van der Waals surface area contributed by atoms with Crippen molar-refractivity contribution in [3.63, 3.8) is 0 Å². The molecule has 0 spiro atoms. The standard InChI is InChI=1S/C18H28N2OS/c1-13(22-15-9-7-6-8-10-15)16(21)19-14-11-17(2,3)20-18(4,5)12-14/h6-10,13-14,20H,11-12H2,1-5H3,(H,19,21). The predicted octanol–water partition coefficient (Wildman–Crippen LogP) is 3.59. The van der Waals surface area contributed by atoms with Gasteiger partial charge in [0, 0.05) is 22.0 Å². The fraction of sp³-hybridized carbons (Fsp3) is 0.611. The molecule has 0 saturated carbocycles. The highest BCUT2D eigenvalue weighted by atomic mass is 32.2. The van der Waals surface area contributed by atoms with Crippen molar-refractivity contribution in [2.24, 2.45) is 0 Å². The van der Waals surface area contributed by atoms with Gasteiger partial charge in [0.1, 0.15) is 0 Å². The van der Waals surface area contributed by atoms with Gasteiger partial charge in [0.05, 0.1) is 5.25 Å². The largest absolute Gasteiger partial charge is 0.352 e. The van der Waals surface area contributed by atoms with Crippen molar-refractivity contribution in [2.45, 2.75) is 74.7 Å². The maximum Gasteiger partial charge on any atom is 0.233 e. The lowest BCUT2D eigenvalue weighted by Gasteiger charge is -2.46. The van der Waals surface area contributed by atoms with E-state index in [1.165, 1.54) is 0 Å². The summed E-state index contributed by atoms with van der Waals surface area (Å²) >= 11 is 1.61. The molecule has 1 atom stereocenters. The molecule has 0 aliphatic carbocycles. The van der Waals surface area contributed by atoms with Crippen molar-refractivity contribution in [3.8, 4) is 0 Å². The van der Waals surface area contributed by atoms with Crippen LogP contribution in [0.3, 0.4) is 0 Å². The second kappa shape index (κ2) is 6.63. The lowest BCUT2D eigenvalue weighted by atomic mass is 9.79. The number of nitrogens with one attached hydrogen (secondary N) is 2.